The molecule has 13 heteroatoms. The average Bonchev–Trinajstić information content (AvgIpc) is 3.31. The number of hydrogen-bond donors (Lipinski definition) is 4. The van der Waals surface area contributed by atoms with Gasteiger partial charge in [0, 0.05) is 11.1 Å². The molecular weight excluding hydrogens is 360 g/mol. The zero-order chi connectivity index (χ0) is 16.8. The van der Waals surface area contributed by atoms with Crippen LogP contribution in [0, 0.1) is 0 Å². The van der Waals surface area contributed by atoms with Crippen molar-refractivity contribution in [3.05, 3.63) is 48.5 Å². The Labute approximate surface area is 151 Å². The molecule has 4 aromatic rings. The topological polar surface area (TPSA) is 244 Å². The van der Waals surface area contributed by atoms with E-state index in [0.29, 0.717) is 11.6 Å². The lowest BCUT2D eigenvalue weighted by molar-refractivity contribution is 0.475. The molecule has 0 aliphatic heterocycles. The van der Waals surface area contributed by atoms with E-state index in [4.69, 9.17) is 10.2 Å². The van der Waals surface area contributed by atoms with E-state index in [1.54, 1.807) is 48.5 Å². The van der Waals surface area contributed by atoms with E-state index in [2.05, 4.69) is 41.2 Å². The summed E-state index contributed by atoms with van der Waals surface area (Å²) in [5, 5.41) is 44.7. The van der Waals surface area contributed by atoms with Crippen molar-refractivity contribution in [1.29, 1.82) is 0 Å². The first-order chi connectivity index (χ1) is 11.7. The van der Waals surface area contributed by atoms with Crippen molar-refractivity contribution >= 4 is 0 Å². The van der Waals surface area contributed by atoms with Crippen LogP contribution in [0.1, 0.15) is 0 Å². The molecule has 10 N–H and O–H groups in total. The van der Waals surface area contributed by atoms with Gasteiger partial charge in [-0.3, -0.25) is 0 Å². The smallest absolute Gasteiger partial charge is 0.204 e. The molecule has 0 atom stereocenters. The maximum atomic E-state index is 8.99. The summed E-state index contributed by atoms with van der Waals surface area (Å²) in [6.07, 6.45) is 0. The summed E-state index contributed by atoms with van der Waals surface area (Å²) in [5.41, 5.74) is 1.64. The van der Waals surface area contributed by atoms with Crippen molar-refractivity contribution in [2.45, 2.75) is 0 Å². The minimum atomic E-state index is 0. The third kappa shape index (κ3) is 6.13. The fraction of sp³-hybridized carbons (Fsp3) is 0. The first-order valence-corrected chi connectivity index (χ1v) is 6.78. The van der Waals surface area contributed by atoms with Gasteiger partial charge in [0.2, 0.25) is 11.6 Å². The molecule has 144 valence electrons. The Morgan fingerprint density at radius 3 is 1.15 bits per heavy atom. The highest BCUT2D eigenvalue weighted by molar-refractivity contribution is 5.55. The van der Waals surface area contributed by atoms with Gasteiger partial charge in [0.1, 0.15) is 11.5 Å². The molecule has 2 aromatic heterocycles. The molecule has 0 aliphatic carbocycles. The van der Waals surface area contributed by atoms with Gasteiger partial charge >= 0.3 is 0 Å². The molecule has 4 rings (SSSR count). The summed E-state index contributed by atoms with van der Waals surface area (Å²) in [4.78, 5) is 0. The summed E-state index contributed by atoms with van der Waals surface area (Å²) in [6.45, 7) is 0. The second-order valence-corrected chi connectivity index (χ2v) is 4.56. The van der Waals surface area contributed by atoms with E-state index in [0.717, 1.165) is 11.1 Å². The number of benzene rings is 2. The zero-order valence-electron chi connectivity index (χ0n) is 13.7. The molecule has 0 spiro atoms. The second kappa shape index (κ2) is 10.8. The molecule has 0 bridgehead atoms. The van der Waals surface area contributed by atoms with E-state index in [9.17, 15) is 0 Å². The molecular formula is C14H18N8O5. The van der Waals surface area contributed by atoms with Crippen molar-refractivity contribution in [3.8, 4) is 34.3 Å². The normalized spacial score (nSPS) is 8.89. The van der Waals surface area contributed by atoms with Crippen LogP contribution < -0.4 is 0 Å². The summed E-state index contributed by atoms with van der Waals surface area (Å²) in [5.74, 6) is 1.49. The molecule has 0 unspecified atom stereocenters. The number of aromatic hydroxyl groups is 2. The predicted molar refractivity (Wildman–Crippen MR) is 93.4 cm³/mol. The van der Waals surface area contributed by atoms with Crippen LogP contribution in [0.4, 0.5) is 0 Å². The van der Waals surface area contributed by atoms with Crippen LogP contribution in [-0.4, -0.2) is 67.9 Å². The maximum absolute atomic E-state index is 8.99. The van der Waals surface area contributed by atoms with E-state index in [1.165, 1.54) is 0 Å². The highest BCUT2D eigenvalue weighted by Gasteiger charge is 2.01. The molecule has 0 aliphatic rings. The number of nitrogens with one attached hydrogen (secondary N) is 2. The van der Waals surface area contributed by atoms with E-state index >= 15 is 0 Å². The summed E-state index contributed by atoms with van der Waals surface area (Å²) >= 11 is 0. The number of phenolic OH excluding ortho intramolecular Hbond substituents is 2. The predicted octanol–water partition coefficient (Wildman–Crippen LogP) is -1.33. The highest BCUT2D eigenvalue weighted by Crippen LogP contribution is 2.17. The lowest BCUT2D eigenvalue weighted by Gasteiger charge is -1.93. The van der Waals surface area contributed by atoms with Gasteiger partial charge in [-0.15, -0.1) is 20.4 Å². The highest BCUT2D eigenvalue weighted by atomic mass is 16.3. The van der Waals surface area contributed by atoms with Gasteiger partial charge in [0.25, 0.3) is 0 Å². The Bertz CT molecular complexity index is 791. The van der Waals surface area contributed by atoms with Crippen LogP contribution in [0.5, 0.6) is 11.5 Å². The molecule has 13 nitrogen and oxygen atoms in total. The van der Waals surface area contributed by atoms with Gasteiger partial charge < -0.3 is 26.6 Å². The van der Waals surface area contributed by atoms with Crippen LogP contribution >= 0.6 is 0 Å². The van der Waals surface area contributed by atoms with Crippen LogP contribution in [0.15, 0.2) is 48.5 Å². The molecule has 2 heterocycles. The van der Waals surface area contributed by atoms with Gasteiger partial charge in [0.15, 0.2) is 0 Å². The van der Waals surface area contributed by atoms with Crippen molar-refractivity contribution < 1.29 is 26.6 Å². The SMILES string of the molecule is O.O.O.Oc1ccc(-c2nn[nH]n2)cc1.Oc1ccc(-c2nn[nH]n2)cc1. The number of aromatic amines is 2. The molecule has 0 saturated carbocycles. The van der Waals surface area contributed by atoms with Crippen molar-refractivity contribution in [2.75, 3.05) is 0 Å². The molecule has 0 radical (unpaired) electrons. The standard InChI is InChI=1S/2C7H6N4O.3H2O/c2*12-6-3-1-5(2-4-6)7-8-10-11-9-7;;;/h2*1-4,12H,(H,8,9,10,11);3*1H2. The fourth-order valence-corrected chi connectivity index (χ4v) is 1.79. The third-order valence-corrected chi connectivity index (χ3v) is 2.94. The van der Waals surface area contributed by atoms with Crippen LogP contribution in [0.25, 0.3) is 22.8 Å². The van der Waals surface area contributed by atoms with E-state index < -0.39 is 0 Å². The first-order valence-electron chi connectivity index (χ1n) is 6.78. The van der Waals surface area contributed by atoms with Crippen LogP contribution in [-0.2, 0) is 0 Å². The Hall–Kier alpha value is -3.94. The van der Waals surface area contributed by atoms with Crippen LogP contribution in [0.3, 0.4) is 0 Å². The van der Waals surface area contributed by atoms with Gasteiger partial charge in [-0.25, -0.2) is 0 Å². The summed E-state index contributed by atoms with van der Waals surface area (Å²) in [6, 6.07) is 13.2. The lowest BCUT2D eigenvalue weighted by atomic mass is 10.2. The van der Waals surface area contributed by atoms with Crippen molar-refractivity contribution in [1.82, 2.24) is 41.2 Å². The fourth-order valence-electron chi connectivity index (χ4n) is 1.79. The third-order valence-electron chi connectivity index (χ3n) is 2.94. The number of nitrogens with zero attached hydrogens (tertiary/aromatic N) is 6. The lowest BCUT2D eigenvalue weighted by Crippen LogP contribution is -1.79. The van der Waals surface area contributed by atoms with E-state index in [1.807, 2.05) is 0 Å². The van der Waals surface area contributed by atoms with Crippen molar-refractivity contribution in [3.63, 3.8) is 0 Å². The molecule has 0 fully saturated rings. The number of hydrogen-bond acceptors (Lipinski definition) is 8. The average molecular weight is 378 g/mol. The second-order valence-electron chi connectivity index (χ2n) is 4.56. The monoisotopic (exact) mass is 378 g/mol. The number of phenols is 2. The Morgan fingerprint density at radius 1 is 0.556 bits per heavy atom. The Morgan fingerprint density at radius 2 is 0.889 bits per heavy atom. The summed E-state index contributed by atoms with van der Waals surface area (Å²) in [7, 11) is 0. The van der Waals surface area contributed by atoms with Crippen LogP contribution in [0.2, 0.25) is 0 Å². The molecule has 0 amide bonds. The van der Waals surface area contributed by atoms with Crippen molar-refractivity contribution in [2.24, 2.45) is 0 Å². The number of rotatable bonds is 2. The quantitative estimate of drug-likeness (QED) is 0.324. The Balaban J connectivity index is 0.000000451. The van der Waals surface area contributed by atoms with Gasteiger partial charge in [-0.05, 0) is 59.0 Å². The number of tetrazole rings is 2. The van der Waals surface area contributed by atoms with Gasteiger partial charge in [0.05, 0.1) is 0 Å². The number of aromatic nitrogens is 8. The van der Waals surface area contributed by atoms with Gasteiger partial charge in [-0.1, -0.05) is 0 Å². The number of H-pyrrole nitrogens is 2. The molecule has 27 heavy (non-hydrogen) atoms. The molecule has 0 saturated heterocycles. The zero-order valence-corrected chi connectivity index (χ0v) is 13.7. The summed E-state index contributed by atoms with van der Waals surface area (Å²) < 4.78 is 0. The minimum absolute atomic E-state index is 0. The minimum Gasteiger partial charge on any atom is -0.508 e. The molecule has 2 aromatic carbocycles. The largest absolute Gasteiger partial charge is 0.508 e. The maximum Gasteiger partial charge on any atom is 0.204 e. The first kappa shape index (κ1) is 23.1. The van der Waals surface area contributed by atoms with E-state index in [-0.39, 0.29) is 27.9 Å². The Kier molecular flexibility index (Phi) is 9.25. The van der Waals surface area contributed by atoms with Gasteiger partial charge in [-0.2, -0.15) is 10.4 Å².